The van der Waals surface area contributed by atoms with Gasteiger partial charge >= 0.3 is 5.85 Å². The van der Waals surface area contributed by atoms with Gasteiger partial charge in [0.25, 0.3) is 0 Å². The maximum absolute atomic E-state index is 12.5. The molecule has 1 aromatic rings. The van der Waals surface area contributed by atoms with Crippen LogP contribution in [0.5, 0.6) is 5.75 Å². The Labute approximate surface area is 81.6 Å². The van der Waals surface area contributed by atoms with E-state index >= 15 is 0 Å². The van der Waals surface area contributed by atoms with Gasteiger partial charge in [0.05, 0.1) is 6.21 Å². The predicted octanol–water partition coefficient (Wildman–Crippen LogP) is 2.30. The molecule has 0 fully saturated rings. The summed E-state index contributed by atoms with van der Waals surface area (Å²) in [7, 11) is 1.26. The molecular formula is C8H8F2NO2P. The van der Waals surface area contributed by atoms with Crippen LogP contribution >= 0.6 is 9.24 Å². The molecule has 1 N–H and O–H groups in total. The van der Waals surface area contributed by atoms with Gasteiger partial charge in [0, 0.05) is 5.56 Å². The number of halogens is 2. The molecule has 3 nitrogen and oxygen atoms in total. The lowest BCUT2D eigenvalue weighted by Gasteiger charge is -2.14. The van der Waals surface area contributed by atoms with E-state index < -0.39 is 5.85 Å². The highest BCUT2D eigenvalue weighted by molar-refractivity contribution is 7.17. The van der Waals surface area contributed by atoms with E-state index in [-0.39, 0.29) is 11.3 Å². The first kappa shape index (κ1) is 10.9. The number of benzene rings is 1. The van der Waals surface area contributed by atoms with Crippen LogP contribution in [0.2, 0.25) is 0 Å². The molecule has 76 valence electrons. The number of hydrogen-bond acceptors (Lipinski definition) is 3. The summed E-state index contributed by atoms with van der Waals surface area (Å²) in [6.07, 6.45) is 1.02. The molecule has 0 aliphatic carbocycles. The summed E-state index contributed by atoms with van der Waals surface area (Å²) in [6.45, 7) is 0. The minimum atomic E-state index is -3.33. The second kappa shape index (κ2) is 4.33. The molecule has 0 amide bonds. The van der Waals surface area contributed by atoms with Gasteiger partial charge in [-0.3, -0.25) is 0 Å². The zero-order valence-corrected chi connectivity index (χ0v) is 8.18. The molecule has 0 aromatic heterocycles. The Morgan fingerprint density at radius 1 is 1.43 bits per heavy atom. The van der Waals surface area contributed by atoms with Gasteiger partial charge in [0.1, 0.15) is 5.75 Å². The van der Waals surface area contributed by atoms with Gasteiger partial charge in [-0.1, -0.05) is 17.3 Å². The molecule has 6 heteroatoms. The maximum atomic E-state index is 12.5. The highest BCUT2D eigenvalue weighted by Crippen LogP contribution is 2.28. The number of nitrogens with zero attached hydrogens (tertiary/aromatic N) is 1. The largest absolute Gasteiger partial charge is 0.429 e. The molecule has 0 radical (unpaired) electrons. The van der Waals surface area contributed by atoms with Gasteiger partial charge in [0.2, 0.25) is 0 Å². The van der Waals surface area contributed by atoms with Crippen LogP contribution in [0.15, 0.2) is 29.4 Å². The predicted molar refractivity (Wildman–Crippen MR) is 51.1 cm³/mol. The van der Waals surface area contributed by atoms with E-state index in [0.29, 0.717) is 0 Å². The number of oxime groups is 1. The number of ether oxygens (including phenoxy) is 1. The van der Waals surface area contributed by atoms with Gasteiger partial charge in [-0.05, 0) is 21.4 Å². The minimum absolute atomic E-state index is 0.0506. The number of hydrogen-bond donors (Lipinski definition) is 1. The van der Waals surface area contributed by atoms with E-state index in [1.54, 1.807) is 12.1 Å². The zero-order chi connectivity index (χ0) is 10.6. The topological polar surface area (TPSA) is 41.8 Å². The molecule has 0 heterocycles. The van der Waals surface area contributed by atoms with Crippen molar-refractivity contribution < 1.29 is 18.7 Å². The molecular weight excluding hydrogens is 211 g/mol. The second-order valence-electron chi connectivity index (χ2n) is 2.45. The van der Waals surface area contributed by atoms with E-state index in [0.717, 1.165) is 6.21 Å². The third kappa shape index (κ3) is 3.26. The summed E-state index contributed by atoms with van der Waals surface area (Å²) in [5.74, 6) is -3.38. The van der Waals surface area contributed by atoms with Gasteiger partial charge in [0.15, 0.2) is 0 Å². The fraction of sp³-hybridized carbons (Fsp3) is 0.125. The summed E-state index contributed by atoms with van der Waals surface area (Å²) >= 11 is 0. The van der Waals surface area contributed by atoms with Crippen LogP contribution in [0, 0.1) is 0 Å². The third-order valence-electron chi connectivity index (χ3n) is 1.36. The summed E-state index contributed by atoms with van der Waals surface area (Å²) in [5.41, 5.74) is 0.275. The molecule has 14 heavy (non-hydrogen) atoms. The Bertz CT molecular complexity index is 338. The van der Waals surface area contributed by atoms with E-state index in [4.69, 9.17) is 5.21 Å². The van der Waals surface area contributed by atoms with Crippen LogP contribution in [0.1, 0.15) is 5.56 Å². The molecule has 1 rings (SSSR count). The van der Waals surface area contributed by atoms with Crippen molar-refractivity contribution in [2.45, 2.75) is 5.85 Å². The average molecular weight is 219 g/mol. The van der Waals surface area contributed by atoms with Crippen molar-refractivity contribution in [2.75, 3.05) is 0 Å². The molecule has 0 saturated heterocycles. The Hall–Kier alpha value is -1.22. The van der Waals surface area contributed by atoms with Crippen molar-refractivity contribution in [2.24, 2.45) is 5.16 Å². The van der Waals surface area contributed by atoms with Crippen LogP contribution in [-0.4, -0.2) is 17.3 Å². The Kier molecular flexibility index (Phi) is 3.36. The molecule has 0 bridgehead atoms. The van der Waals surface area contributed by atoms with Crippen LogP contribution in [-0.2, 0) is 0 Å². The summed E-state index contributed by atoms with van der Waals surface area (Å²) < 4.78 is 29.2. The van der Waals surface area contributed by atoms with Gasteiger partial charge in [-0.2, -0.15) is 8.78 Å². The molecule has 0 saturated carbocycles. The van der Waals surface area contributed by atoms with Crippen molar-refractivity contribution >= 4 is 15.5 Å². The first-order valence-corrected chi connectivity index (χ1v) is 4.23. The molecule has 0 aliphatic heterocycles. The quantitative estimate of drug-likeness (QED) is 0.367. The molecule has 1 aromatic carbocycles. The molecule has 1 unspecified atom stereocenters. The van der Waals surface area contributed by atoms with Crippen molar-refractivity contribution in [3.05, 3.63) is 29.8 Å². The van der Waals surface area contributed by atoms with Gasteiger partial charge in [-0.15, -0.1) is 0 Å². The van der Waals surface area contributed by atoms with E-state index in [2.05, 4.69) is 9.89 Å². The Morgan fingerprint density at radius 3 is 2.64 bits per heavy atom. The SMILES string of the molecule is O/N=C/c1ccccc1OC(F)(F)P. The van der Waals surface area contributed by atoms with Crippen LogP contribution in [0.3, 0.4) is 0 Å². The van der Waals surface area contributed by atoms with Crippen LogP contribution < -0.4 is 4.74 Å². The van der Waals surface area contributed by atoms with E-state index in [1.165, 1.54) is 21.4 Å². The van der Waals surface area contributed by atoms with Crippen LogP contribution in [0.4, 0.5) is 8.78 Å². The molecule has 1 atom stereocenters. The van der Waals surface area contributed by atoms with E-state index in [9.17, 15) is 8.78 Å². The van der Waals surface area contributed by atoms with Crippen LogP contribution in [0.25, 0.3) is 0 Å². The fourth-order valence-electron chi connectivity index (χ4n) is 0.889. The number of alkyl halides is 2. The second-order valence-corrected chi connectivity index (χ2v) is 3.12. The summed E-state index contributed by atoms with van der Waals surface area (Å²) in [5, 5.41) is 11.0. The summed E-state index contributed by atoms with van der Waals surface area (Å²) in [6, 6.07) is 6.01. The lowest BCUT2D eigenvalue weighted by atomic mass is 10.2. The minimum Gasteiger partial charge on any atom is -0.429 e. The highest BCUT2D eigenvalue weighted by Gasteiger charge is 2.24. The lowest BCUT2D eigenvalue weighted by Crippen LogP contribution is -2.15. The number of rotatable bonds is 3. The van der Waals surface area contributed by atoms with Crippen molar-refractivity contribution in [3.8, 4) is 5.75 Å². The lowest BCUT2D eigenvalue weighted by molar-refractivity contribution is -0.0893. The molecule has 0 spiro atoms. The smallest absolute Gasteiger partial charge is 0.408 e. The fourth-order valence-corrected chi connectivity index (χ4v) is 1.02. The van der Waals surface area contributed by atoms with Crippen molar-refractivity contribution in [1.82, 2.24) is 0 Å². The average Bonchev–Trinajstić information content (AvgIpc) is 2.06. The van der Waals surface area contributed by atoms with Gasteiger partial charge < -0.3 is 9.94 Å². The first-order valence-electron chi connectivity index (χ1n) is 3.65. The first-order chi connectivity index (χ1) is 6.53. The molecule has 0 aliphatic rings. The van der Waals surface area contributed by atoms with Gasteiger partial charge in [-0.25, -0.2) is 0 Å². The van der Waals surface area contributed by atoms with Crippen molar-refractivity contribution in [1.29, 1.82) is 0 Å². The van der Waals surface area contributed by atoms with Crippen molar-refractivity contribution in [3.63, 3.8) is 0 Å². The number of para-hydroxylation sites is 1. The van der Waals surface area contributed by atoms with E-state index in [1.807, 2.05) is 0 Å². The Balaban J connectivity index is 2.96. The zero-order valence-electron chi connectivity index (χ0n) is 7.02. The Morgan fingerprint density at radius 2 is 2.07 bits per heavy atom. The standard InChI is InChI=1S/C8H8F2NO2P/c9-8(10,14)13-7-4-2-1-3-6(7)5-11-12/h1-5,12H,14H2/b11-5+. The highest BCUT2D eigenvalue weighted by atomic mass is 31.0. The maximum Gasteiger partial charge on any atom is 0.408 e. The third-order valence-corrected chi connectivity index (χ3v) is 1.48. The monoisotopic (exact) mass is 219 g/mol. The normalized spacial score (nSPS) is 11.9. The summed E-state index contributed by atoms with van der Waals surface area (Å²) in [4.78, 5) is 0.